The van der Waals surface area contributed by atoms with Gasteiger partial charge in [0.1, 0.15) is 6.29 Å². The van der Waals surface area contributed by atoms with E-state index in [1.54, 1.807) is 48.5 Å². The second kappa shape index (κ2) is 6.67. The minimum absolute atomic E-state index is 0.163. The van der Waals surface area contributed by atoms with Crippen molar-refractivity contribution in [2.75, 3.05) is 0 Å². The molecule has 1 aromatic heterocycles. The van der Waals surface area contributed by atoms with Gasteiger partial charge in [0.2, 0.25) is 0 Å². The zero-order valence-corrected chi connectivity index (χ0v) is 14.8. The molecule has 1 heterocycles. The number of rotatable bonds is 3. The van der Waals surface area contributed by atoms with Crippen LogP contribution in [0.2, 0.25) is 0 Å². The third-order valence-corrected chi connectivity index (χ3v) is 5.52. The highest BCUT2D eigenvalue weighted by atomic mass is 32.1. The van der Waals surface area contributed by atoms with Crippen molar-refractivity contribution < 1.29 is 18.0 Å². The van der Waals surface area contributed by atoms with Crippen molar-refractivity contribution in [2.24, 2.45) is 0 Å². The van der Waals surface area contributed by atoms with Crippen molar-refractivity contribution in [3.05, 3.63) is 83.9 Å². The lowest BCUT2D eigenvalue weighted by molar-refractivity contribution is -0.137. The number of thiophene rings is 1. The fourth-order valence-corrected chi connectivity index (χ4v) is 4.17. The summed E-state index contributed by atoms with van der Waals surface area (Å²) in [5.41, 5.74) is 1.10. The molecule has 0 spiro atoms. The van der Waals surface area contributed by atoms with E-state index in [-0.39, 0.29) is 5.56 Å². The lowest BCUT2D eigenvalue weighted by Gasteiger charge is -2.14. The molecular weight excluding hydrogens is 369 g/mol. The van der Waals surface area contributed by atoms with Crippen molar-refractivity contribution in [3.8, 4) is 21.6 Å². The molecule has 5 heteroatoms. The van der Waals surface area contributed by atoms with Gasteiger partial charge in [0.15, 0.2) is 0 Å². The summed E-state index contributed by atoms with van der Waals surface area (Å²) in [5, 5.41) is 0.904. The summed E-state index contributed by atoms with van der Waals surface area (Å²) in [4.78, 5) is 11.7. The number of aldehydes is 1. The zero-order valence-electron chi connectivity index (χ0n) is 14.0. The van der Waals surface area contributed by atoms with Crippen LogP contribution in [0, 0.1) is 0 Å². The van der Waals surface area contributed by atoms with Gasteiger partial charge in [-0.3, -0.25) is 4.79 Å². The van der Waals surface area contributed by atoms with E-state index in [0.29, 0.717) is 16.7 Å². The summed E-state index contributed by atoms with van der Waals surface area (Å²) in [5.74, 6) is 0. The van der Waals surface area contributed by atoms with Crippen molar-refractivity contribution in [2.45, 2.75) is 6.18 Å². The molecule has 1 nitrogen and oxygen atoms in total. The first kappa shape index (κ1) is 17.5. The monoisotopic (exact) mass is 382 g/mol. The maximum absolute atomic E-state index is 13.7. The number of halogens is 3. The average Bonchev–Trinajstić information content (AvgIpc) is 3.10. The molecule has 0 saturated carbocycles. The molecule has 134 valence electrons. The number of carbonyl (C=O) groups is 1. The number of benzene rings is 3. The largest absolute Gasteiger partial charge is 0.417 e. The number of alkyl halides is 3. The highest BCUT2D eigenvalue weighted by molar-refractivity contribution is 7.22. The van der Waals surface area contributed by atoms with Gasteiger partial charge in [-0.15, -0.1) is 11.3 Å². The van der Waals surface area contributed by atoms with Gasteiger partial charge in [0.05, 0.1) is 5.56 Å². The fourth-order valence-electron chi connectivity index (χ4n) is 3.06. The van der Waals surface area contributed by atoms with Gasteiger partial charge in [0.25, 0.3) is 0 Å². The van der Waals surface area contributed by atoms with Gasteiger partial charge in [0, 0.05) is 15.1 Å². The molecule has 0 atom stereocenters. The first-order valence-corrected chi connectivity index (χ1v) is 9.03. The third-order valence-electron chi connectivity index (χ3n) is 4.37. The molecule has 3 aromatic carbocycles. The molecule has 0 N–H and O–H groups in total. The minimum Gasteiger partial charge on any atom is -0.298 e. The van der Waals surface area contributed by atoms with Crippen LogP contribution in [0.15, 0.2) is 72.8 Å². The van der Waals surface area contributed by atoms with Crippen LogP contribution < -0.4 is 0 Å². The van der Waals surface area contributed by atoms with Gasteiger partial charge >= 0.3 is 6.18 Å². The Labute approximate surface area is 157 Å². The summed E-state index contributed by atoms with van der Waals surface area (Å²) in [6.45, 7) is 0. The summed E-state index contributed by atoms with van der Waals surface area (Å²) >= 11 is 1.37. The molecule has 0 aliphatic heterocycles. The van der Waals surface area contributed by atoms with Crippen molar-refractivity contribution in [1.82, 2.24) is 0 Å². The van der Waals surface area contributed by atoms with E-state index >= 15 is 0 Å². The van der Waals surface area contributed by atoms with Gasteiger partial charge in [-0.1, -0.05) is 54.6 Å². The lowest BCUT2D eigenvalue weighted by atomic mass is 9.96. The van der Waals surface area contributed by atoms with Gasteiger partial charge in [-0.2, -0.15) is 13.2 Å². The van der Waals surface area contributed by atoms with E-state index in [0.717, 1.165) is 21.2 Å². The van der Waals surface area contributed by atoms with Crippen LogP contribution in [-0.4, -0.2) is 6.29 Å². The van der Waals surface area contributed by atoms with Crippen LogP contribution in [0.25, 0.3) is 31.7 Å². The van der Waals surface area contributed by atoms with E-state index in [1.807, 2.05) is 12.1 Å². The number of hydrogen-bond acceptors (Lipinski definition) is 2. The maximum Gasteiger partial charge on any atom is 0.417 e. The van der Waals surface area contributed by atoms with Crippen LogP contribution in [0.3, 0.4) is 0 Å². The molecule has 27 heavy (non-hydrogen) atoms. The Kier molecular flexibility index (Phi) is 4.32. The predicted molar refractivity (Wildman–Crippen MR) is 103 cm³/mol. The van der Waals surface area contributed by atoms with Crippen molar-refractivity contribution in [1.29, 1.82) is 0 Å². The normalized spacial score (nSPS) is 11.7. The van der Waals surface area contributed by atoms with E-state index in [9.17, 15) is 18.0 Å². The van der Waals surface area contributed by atoms with Crippen LogP contribution in [-0.2, 0) is 6.18 Å². The summed E-state index contributed by atoms with van der Waals surface area (Å²) < 4.78 is 42.0. The first-order valence-electron chi connectivity index (χ1n) is 8.21. The van der Waals surface area contributed by atoms with Gasteiger partial charge < -0.3 is 0 Å². The Morgan fingerprint density at radius 1 is 0.815 bits per heavy atom. The number of fused-ring (bicyclic) bond motifs is 1. The SMILES string of the molecule is O=Cc1ccc2cc(-c3ccc(-c4ccccc4)c(C(F)(F)F)c3)sc2c1. The van der Waals surface area contributed by atoms with Crippen LogP contribution in [0.1, 0.15) is 15.9 Å². The van der Waals surface area contributed by atoms with Crippen molar-refractivity contribution >= 4 is 27.7 Å². The quantitative estimate of drug-likeness (QED) is 0.346. The van der Waals surface area contributed by atoms with Crippen LogP contribution >= 0.6 is 11.3 Å². The van der Waals surface area contributed by atoms with Crippen LogP contribution in [0.4, 0.5) is 13.2 Å². The molecule has 0 unspecified atom stereocenters. The molecule has 0 aliphatic carbocycles. The Balaban J connectivity index is 1.86. The minimum atomic E-state index is -4.46. The summed E-state index contributed by atoms with van der Waals surface area (Å²) in [6, 6.07) is 20.1. The summed E-state index contributed by atoms with van der Waals surface area (Å²) in [7, 11) is 0. The first-order chi connectivity index (χ1) is 13.0. The molecule has 0 saturated heterocycles. The second-order valence-electron chi connectivity index (χ2n) is 6.15. The Morgan fingerprint density at radius 3 is 2.30 bits per heavy atom. The Morgan fingerprint density at radius 2 is 1.59 bits per heavy atom. The standard InChI is InChI=1S/C22H13F3OS/c23-22(24,25)19-11-16(8-9-18(19)15-4-2-1-3-5-15)21-12-17-7-6-14(13-26)10-20(17)27-21/h1-13H. The molecule has 0 aliphatic rings. The molecule has 0 amide bonds. The van der Waals surface area contributed by atoms with Crippen molar-refractivity contribution in [3.63, 3.8) is 0 Å². The number of hydrogen-bond donors (Lipinski definition) is 0. The lowest BCUT2D eigenvalue weighted by Crippen LogP contribution is -2.07. The van der Waals surface area contributed by atoms with E-state index < -0.39 is 11.7 Å². The van der Waals surface area contributed by atoms with Crippen LogP contribution in [0.5, 0.6) is 0 Å². The van der Waals surface area contributed by atoms with Gasteiger partial charge in [-0.25, -0.2) is 0 Å². The smallest absolute Gasteiger partial charge is 0.298 e. The summed E-state index contributed by atoms with van der Waals surface area (Å²) in [6.07, 6.45) is -3.70. The molecule has 0 fully saturated rings. The number of carbonyl (C=O) groups excluding carboxylic acids is 1. The molecule has 0 radical (unpaired) electrons. The Bertz CT molecular complexity index is 1130. The maximum atomic E-state index is 13.7. The predicted octanol–water partition coefficient (Wildman–Crippen LogP) is 7.07. The van der Waals surface area contributed by atoms with E-state index in [4.69, 9.17) is 0 Å². The zero-order chi connectivity index (χ0) is 19.0. The highest BCUT2D eigenvalue weighted by Crippen LogP contribution is 2.41. The third kappa shape index (κ3) is 3.38. The molecule has 4 rings (SSSR count). The van der Waals surface area contributed by atoms with E-state index in [2.05, 4.69) is 0 Å². The molecule has 4 aromatic rings. The van der Waals surface area contributed by atoms with Gasteiger partial charge in [-0.05, 0) is 40.3 Å². The Hall–Kier alpha value is -2.92. The molecular formula is C22H13F3OS. The molecule has 0 bridgehead atoms. The average molecular weight is 382 g/mol. The highest BCUT2D eigenvalue weighted by Gasteiger charge is 2.34. The second-order valence-corrected chi connectivity index (χ2v) is 7.23. The van der Waals surface area contributed by atoms with E-state index in [1.165, 1.54) is 23.5 Å². The topological polar surface area (TPSA) is 17.1 Å². The fraction of sp³-hybridized carbons (Fsp3) is 0.0455.